The van der Waals surface area contributed by atoms with E-state index >= 15 is 0 Å². The summed E-state index contributed by atoms with van der Waals surface area (Å²) < 4.78 is 1.80. The van der Waals surface area contributed by atoms with Crippen molar-refractivity contribution in [3.63, 3.8) is 0 Å². The molecule has 0 amide bonds. The van der Waals surface area contributed by atoms with Gasteiger partial charge in [-0.1, -0.05) is 18.5 Å². The minimum absolute atomic E-state index is 0.540. The summed E-state index contributed by atoms with van der Waals surface area (Å²) in [6.07, 6.45) is 2.61. The van der Waals surface area contributed by atoms with Gasteiger partial charge in [0.2, 0.25) is 0 Å². The summed E-state index contributed by atoms with van der Waals surface area (Å²) >= 11 is 6.17. The Kier molecular flexibility index (Phi) is 3.15. The molecule has 0 N–H and O–H groups in total. The number of hydrogen-bond acceptors (Lipinski definition) is 3. The normalized spacial score (nSPS) is 10.9. The van der Waals surface area contributed by atoms with Gasteiger partial charge in [-0.05, 0) is 20.3 Å². The van der Waals surface area contributed by atoms with Gasteiger partial charge in [0.1, 0.15) is 5.15 Å². The molecule has 2 rings (SSSR count). The van der Waals surface area contributed by atoms with E-state index in [4.69, 9.17) is 11.6 Å². The van der Waals surface area contributed by atoms with Crippen molar-refractivity contribution in [3.05, 3.63) is 28.3 Å². The van der Waals surface area contributed by atoms with Crippen LogP contribution in [0.5, 0.6) is 0 Å². The summed E-state index contributed by atoms with van der Waals surface area (Å²) in [5.74, 6) is 0.648. The quantitative estimate of drug-likeness (QED) is 0.770. The summed E-state index contributed by atoms with van der Waals surface area (Å²) in [4.78, 5) is 8.85. The van der Waals surface area contributed by atoms with Crippen LogP contribution in [0.3, 0.4) is 0 Å². The monoisotopic (exact) mass is 250 g/mol. The predicted octanol–water partition coefficient (Wildman–Crippen LogP) is 2.71. The topological polar surface area (TPSA) is 43.6 Å². The third-order valence-electron chi connectivity index (χ3n) is 2.99. The molecule has 0 aromatic carbocycles. The highest BCUT2D eigenvalue weighted by atomic mass is 35.5. The number of rotatable bonds is 2. The van der Waals surface area contributed by atoms with E-state index in [-0.39, 0.29) is 0 Å². The second-order valence-corrected chi connectivity index (χ2v) is 4.38. The molecule has 2 aromatic heterocycles. The number of aryl methyl sites for hydroxylation is 2. The van der Waals surface area contributed by atoms with Gasteiger partial charge < -0.3 is 0 Å². The van der Waals surface area contributed by atoms with Crippen molar-refractivity contribution in [1.82, 2.24) is 19.7 Å². The number of hydrogen-bond donors (Lipinski definition) is 0. The molecule has 17 heavy (non-hydrogen) atoms. The Balaban J connectivity index is 2.58. The molecule has 0 fully saturated rings. The maximum Gasteiger partial charge on any atom is 0.164 e. The van der Waals surface area contributed by atoms with Crippen molar-refractivity contribution in [2.75, 3.05) is 0 Å². The van der Waals surface area contributed by atoms with Gasteiger partial charge in [-0.15, -0.1) is 0 Å². The Labute approximate surface area is 106 Å². The van der Waals surface area contributed by atoms with Crippen molar-refractivity contribution in [3.8, 4) is 11.4 Å². The highest BCUT2D eigenvalue weighted by Crippen LogP contribution is 2.24. The Morgan fingerprint density at radius 1 is 1.29 bits per heavy atom. The number of nitrogens with zero attached hydrogens (tertiary/aromatic N) is 4. The van der Waals surface area contributed by atoms with Gasteiger partial charge in [-0.3, -0.25) is 4.68 Å². The molecule has 0 spiro atoms. The standard InChI is InChI=1S/C12H15ClN4/c1-5-9-7(2)15-12(16-11(9)13)10-6-14-17(4)8(10)3/h6H,5H2,1-4H3. The van der Waals surface area contributed by atoms with E-state index in [0.717, 1.165) is 28.9 Å². The Morgan fingerprint density at radius 3 is 2.47 bits per heavy atom. The van der Waals surface area contributed by atoms with Gasteiger partial charge in [0.25, 0.3) is 0 Å². The predicted molar refractivity (Wildman–Crippen MR) is 68.1 cm³/mol. The first kappa shape index (κ1) is 12.0. The molecule has 2 aromatic rings. The van der Waals surface area contributed by atoms with Crippen molar-refractivity contribution >= 4 is 11.6 Å². The van der Waals surface area contributed by atoms with E-state index in [1.54, 1.807) is 10.9 Å². The highest BCUT2D eigenvalue weighted by Gasteiger charge is 2.13. The molecule has 0 unspecified atom stereocenters. The molecule has 4 nitrogen and oxygen atoms in total. The van der Waals surface area contributed by atoms with Gasteiger partial charge >= 0.3 is 0 Å². The third kappa shape index (κ3) is 2.05. The zero-order valence-electron chi connectivity index (χ0n) is 10.5. The molecule has 0 saturated heterocycles. The van der Waals surface area contributed by atoms with Crippen molar-refractivity contribution in [2.24, 2.45) is 7.05 Å². The molecule has 0 aliphatic carbocycles. The maximum absolute atomic E-state index is 6.17. The van der Waals surface area contributed by atoms with Crippen molar-refractivity contribution in [2.45, 2.75) is 27.2 Å². The van der Waals surface area contributed by atoms with Gasteiger partial charge in [0.05, 0.1) is 11.8 Å². The minimum Gasteiger partial charge on any atom is -0.272 e. The van der Waals surface area contributed by atoms with Crippen LogP contribution in [0.15, 0.2) is 6.20 Å². The number of aromatic nitrogens is 4. The summed E-state index contributed by atoms with van der Waals surface area (Å²) in [5, 5.41) is 4.73. The lowest BCUT2D eigenvalue weighted by Gasteiger charge is -2.07. The largest absolute Gasteiger partial charge is 0.272 e. The molecule has 90 valence electrons. The van der Waals surface area contributed by atoms with Crippen LogP contribution in [-0.2, 0) is 13.5 Å². The summed E-state index contributed by atoms with van der Waals surface area (Å²) in [5.41, 5.74) is 3.91. The first-order chi connectivity index (χ1) is 8.04. The average molecular weight is 251 g/mol. The lowest BCUT2D eigenvalue weighted by atomic mass is 10.2. The van der Waals surface area contributed by atoms with Crippen LogP contribution in [0, 0.1) is 13.8 Å². The fourth-order valence-electron chi connectivity index (χ4n) is 1.80. The molecular weight excluding hydrogens is 236 g/mol. The SMILES string of the molecule is CCc1c(C)nc(-c2cnn(C)c2C)nc1Cl. The third-order valence-corrected chi connectivity index (χ3v) is 3.31. The second kappa shape index (κ2) is 4.45. The van der Waals surface area contributed by atoms with Crippen LogP contribution in [0.4, 0.5) is 0 Å². The van der Waals surface area contributed by atoms with E-state index in [1.807, 2.05) is 27.8 Å². The van der Waals surface area contributed by atoms with Gasteiger partial charge in [0.15, 0.2) is 5.82 Å². The molecule has 0 atom stereocenters. The molecule has 2 heterocycles. The molecular formula is C12H15ClN4. The van der Waals surface area contributed by atoms with Crippen LogP contribution in [-0.4, -0.2) is 19.7 Å². The van der Waals surface area contributed by atoms with Crippen LogP contribution in [0.2, 0.25) is 5.15 Å². The summed E-state index contributed by atoms with van der Waals surface area (Å²) in [6.45, 7) is 6.00. The van der Waals surface area contributed by atoms with E-state index in [0.29, 0.717) is 11.0 Å². The zero-order chi connectivity index (χ0) is 12.6. The number of halogens is 1. The van der Waals surface area contributed by atoms with Crippen LogP contribution >= 0.6 is 11.6 Å². The smallest absolute Gasteiger partial charge is 0.164 e. The molecule has 0 aliphatic rings. The van der Waals surface area contributed by atoms with Gasteiger partial charge in [0, 0.05) is 24.0 Å². The maximum atomic E-state index is 6.17. The van der Waals surface area contributed by atoms with E-state index < -0.39 is 0 Å². The molecule has 0 radical (unpaired) electrons. The van der Waals surface area contributed by atoms with Crippen molar-refractivity contribution < 1.29 is 0 Å². The Bertz CT molecular complexity index is 537. The average Bonchev–Trinajstić information content (AvgIpc) is 2.59. The van der Waals surface area contributed by atoms with Crippen LogP contribution in [0.25, 0.3) is 11.4 Å². The lowest BCUT2D eigenvalue weighted by molar-refractivity contribution is 0.740. The molecule has 0 saturated carbocycles. The Hall–Kier alpha value is -1.42. The molecule has 0 aliphatic heterocycles. The summed E-state index contributed by atoms with van der Waals surface area (Å²) in [7, 11) is 1.90. The molecule has 5 heteroatoms. The first-order valence-electron chi connectivity index (χ1n) is 5.56. The molecule has 0 bridgehead atoms. The van der Waals surface area contributed by atoms with Crippen LogP contribution < -0.4 is 0 Å². The minimum atomic E-state index is 0.540. The van der Waals surface area contributed by atoms with Gasteiger partial charge in [-0.25, -0.2) is 9.97 Å². The fourth-order valence-corrected chi connectivity index (χ4v) is 2.15. The van der Waals surface area contributed by atoms with E-state index in [1.165, 1.54) is 0 Å². The first-order valence-corrected chi connectivity index (χ1v) is 5.94. The van der Waals surface area contributed by atoms with Crippen LogP contribution in [0.1, 0.15) is 23.9 Å². The highest BCUT2D eigenvalue weighted by molar-refractivity contribution is 6.30. The zero-order valence-corrected chi connectivity index (χ0v) is 11.2. The fraction of sp³-hybridized carbons (Fsp3) is 0.417. The second-order valence-electron chi connectivity index (χ2n) is 4.02. The van der Waals surface area contributed by atoms with Crippen molar-refractivity contribution in [1.29, 1.82) is 0 Å². The Morgan fingerprint density at radius 2 is 2.00 bits per heavy atom. The van der Waals surface area contributed by atoms with E-state index in [2.05, 4.69) is 15.1 Å². The van der Waals surface area contributed by atoms with Gasteiger partial charge in [-0.2, -0.15) is 5.10 Å². The van der Waals surface area contributed by atoms with E-state index in [9.17, 15) is 0 Å². The lowest BCUT2D eigenvalue weighted by Crippen LogP contribution is -2.00. The summed E-state index contributed by atoms with van der Waals surface area (Å²) in [6, 6.07) is 0.